The van der Waals surface area contributed by atoms with E-state index in [1.54, 1.807) is 30.3 Å². The number of anilines is 1. The highest BCUT2D eigenvalue weighted by molar-refractivity contribution is 5.88. The van der Waals surface area contributed by atoms with Crippen molar-refractivity contribution in [2.24, 2.45) is 0 Å². The van der Waals surface area contributed by atoms with Gasteiger partial charge in [0, 0.05) is 22.8 Å². The molecule has 0 saturated carbocycles. The summed E-state index contributed by atoms with van der Waals surface area (Å²) in [6.07, 6.45) is 0. The fraction of sp³-hybridized carbons (Fsp3) is 0.118. The number of nitrogens with two attached hydrogens (primary N) is 1. The van der Waals surface area contributed by atoms with Crippen LogP contribution in [0.15, 0.2) is 42.5 Å². The van der Waals surface area contributed by atoms with Crippen molar-refractivity contribution in [1.82, 2.24) is 4.98 Å². The average molecular weight is 282 g/mol. The summed E-state index contributed by atoms with van der Waals surface area (Å²) in [6.45, 7) is 3.76. The van der Waals surface area contributed by atoms with E-state index in [1.807, 2.05) is 19.9 Å². The molecule has 1 aromatic heterocycles. The molecule has 0 fully saturated rings. The van der Waals surface area contributed by atoms with Crippen molar-refractivity contribution in [2.75, 3.05) is 5.73 Å². The maximum Gasteiger partial charge on any atom is 0.165 e. The Balaban J connectivity index is 2.15. The highest BCUT2D eigenvalue weighted by Gasteiger charge is 2.10. The van der Waals surface area contributed by atoms with Crippen molar-refractivity contribution in [1.29, 1.82) is 0 Å². The highest BCUT2D eigenvalue weighted by atomic mass is 19.1. The SMILES string of the molecule is Cc1ccc(F)c(Oc2cc(C)nc3ccc(N)cc23)c1. The minimum Gasteiger partial charge on any atom is -0.453 e. The molecule has 21 heavy (non-hydrogen) atoms. The van der Waals surface area contributed by atoms with Crippen LogP contribution in [0.2, 0.25) is 0 Å². The second-order valence-electron chi connectivity index (χ2n) is 5.07. The lowest BCUT2D eigenvalue weighted by molar-refractivity contribution is 0.445. The lowest BCUT2D eigenvalue weighted by atomic mass is 10.1. The third kappa shape index (κ3) is 2.65. The van der Waals surface area contributed by atoms with E-state index < -0.39 is 5.82 Å². The number of nitrogens with zero attached hydrogens (tertiary/aromatic N) is 1. The van der Waals surface area contributed by atoms with E-state index in [1.165, 1.54) is 6.07 Å². The summed E-state index contributed by atoms with van der Waals surface area (Å²) in [7, 11) is 0. The van der Waals surface area contributed by atoms with E-state index in [9.17, 15) is 4.39 Å². The molecule has 4 heteroatoms. The van der Waals surface area contributed by atoms with Crippen molar-refractivity contribution in [3.8, 4) is 11.5 Å². The highest BCUT2D eigenvalue weighted by Crippen LogP contribution is 2.32. The molecule has 3 rings (SSSR count). The molecule has 0 aliphatic carbocycles. The summed E-state index contributed by atoms with van der Waals surface area (Å²) >= 11 is 0. The quantitative estimate of drug-likeness (QED) is 0.710. The molecule has 0 amide bonds. The van der Waals surface area contributed by atoms with Gasteiger partial charge >= 0.3 is 0 Å². The van der Waals surface area contributed by atoms with Crippen molar-refractivity contribution < 1.29 is 9.13 Å². The summed E-state index contributed by atoms with van der Waals surface area (Å²) in [5.41, 5.74) is 8.94. The Bertz CT molecular complexity index is 830. The van der Waals surface area contributed by atoms with Gasteiger partial charge in [0.2, 0.25) is 0 Å². The van der Waals surface area contributed by atoms with Gasteiger partial charge < -0.3 is 10.5 Å². The molecule has 0 aliphatic rings. The monoisotopic (exact) mass is 282 g/mol. The molecule has 0 unspecified atom stereocenters. The van der Waals surface area contributed by atoms with Gasteiger partial charge in [-0.2, -0.15) is 0 Å². The third-order valence-corrected chi connectivity index (χ3v) is 3.23. The van der Waals surface area contributed by atoms with Crippen LogP contribution in [0.4, 0.5) is 10.1 Å². The number of halogens is 1. The standard InChI is InChI=1S/C17H15FN2O/c1-10-3-5-14(18)17(7-10)21-16-8-11(2)20-15-6-4-12(19)9-13(15)16/h3-9H,19H2,1-2H3. The zero-order chi connectivity index (χ0) is 15.0. The minimum atomic E-state index is -0.396. The minimum absolute atomic E-state index is 0.198. The Morgan fingerprint density at radius 3 is 2.62 bits per heavy atom. The van der Waals surface area contributed by atoms with Crippen LogP contribution in [-0.2, 0) is 0 Å². The number of pyridine rings is 1. The molecule has 3 aromatic rings. The molecule has 0 atom stereocenters. The van der Waals surface area contributed by atoms with Crippen molar-refractivity contribution >= 4 is 16.6 Å². The predicted molar refractivity (Wildman–Crippen MR) is 82.1 cm³/mol. The molecule has 0 aliphatic heterocycles. The molecule has 2 aromatic carbocycles. The maximum absolute atomic E-state index is 13.9. The molecule has 106 valence electrons. The molecule has 1 heterocycles. The van der Waals surface area contributed by atoms with Crippen LogP contribution >= 0.6 is 0 Å². The van der Waals surface area contributed by atoms with Crippen LogP contribution in [0.25, 0.3) is 10.9 Å². The first-order valence-electron chi connectivity index (χ1n) is 6.64. The van der Waals surface area contributed by atoms with Crippen LogP contribution < -0.4 is 10.5 Å². The number of aromatic nitrogens is 1. The second kappa shape index (κ2) is 5.05. The number of ether oxygens (including phenoxy) is 1. The van der Waals surface area contributed by atoms with Gasteiger partial charge in [0.25, 0.3) is 0 Å². The van der Waals surface area contributed by atoms with Crippen molar-refractivity contribution in [2.45, 2.75) is 13.8 Å². The zero-order valence-corrected chi connectivity index (χ0v) is 11.9. The fourth-order valence-electron chi connectivity index (χ4n) is 2.23. The van der Waals surface area contributed by atoms with E-state index in [0.29, 0.717) is 11.4 Å². The van der Waals surface area contributed by atoms with Crippen LogP contribution in [0.1, 0.15) is 11.3 Å². The van der Waals surface area contributed by atoms with Gasteiger partial charge in [-0.25, -0.2) is 4.39 Å². The van der Waals surface area contributed by atoms with E-state index in [2.05, 4.69) is 4.98 Å². The van der Waals surface area contributed by atoms with Gasteiger partial charge in [-0.3, -0.25) is 4.98 Å². The zero-order valence-electron chi connectivity index (χ0n) is 11.9. The Hall–Kier alpha value is -2.62. The van der Waals surface area contributed by atoms with Crippen molar-refractivity contribution in [3.63, 3.8) is 0 Å². The second-order valence-corrected chi connectivity index (χ2v) is 5.07. The summed E-state index contributed by atoms with van der Waals surface area (Å²) in [4.78, 5) is 4.43. The summed E-state index contributed by atoms with van der Waals surface area (Å²) in [5.74, 6) is 0.353. The summed E-state index contributed by atoms with van der Waals surface area (Å²) < 4.78 is 19.6. The van der Waals surface area contributed by atoms with E-state index in [4.69, 9.17) is 10.5 Å². The first-order chi connectivity index (χ1) is 10.0. The Morgan fingerprint density at radius 2 is 1.81 bits per heavy atom. The Labute approximate surface area is 122 Å². The van der Waals surface area contributed by atoms with E-state index in [-0.39, 0.29) is 5.75 Å². The largest absolute Gasteiger partial charge is 0.453 e. The first-order valence-corrected chi connectivity index (χ1v) is 6.64. The average Bonchev–Trinajstić information content (AvgIpc) is 2.43. The maximum atomic E-state index is 13.9. The number of aryl methyl sites for hydroxylation is 2. The smallest absolute Gasteiger partial charge is 0.165 e. The molecule has 0 radical (unpaired) electrons. The van der Waals surface area contributed by atoms with Gasteiger partial charge in [-0.15, -0.1) is 0 Å². The number of benzene rings is 2. The molecule has 0 saturated heterocycles. The van der Waals surface area contributed by atoms with Gasteiger partial charge in [0.1, 0.15) is 5.75 Å². The fourth-order valence-corrected chi connectivity index (χ4v) is 2.23. The van der Waals surface area contributed by atoms with Gasteiger partial charge in [0.15, 0.2) is 11.6 Å². The molecule has 3 nitrogen and oxygen atoms in total. The topological polar surface area (TPSA) is 48.1 Å². The Kier molecular flexibility index (Phi) is 3.22. The summed E-state index contributed by atoms with van der Waals surface area (Å²) in [6, 6.07) is 12.0. The van der Waals surface area contributed by atoms with Crippen LogP contribution in [0.3, 0.4) is 0 Å². The van der Waals surface area contributed by atoms with E-state index >= 15 is 0 Å². The van der Waals surface area contributed by atoms with Gasteiger partial charge in [-0.1, -0.05) is 6.07 Å². The van der Waals surface area contributed by atoms with Crippen LogP contribution in [0, 0.1) is 19.7 Å². The van der Waals surface area contributed by atoms with Crippen molar-refractivity contribution in [3.05, 3.63) is 59.5 Å². The predicted octanol–water partition coefficient (Wildman–Crippen LogP) is 4.37. The van der Waals surface area contributed by atoms with Gasteiger partial charge in [0.05, 0.1) is 5.52 Å². The molecule has 0 spiro atoms. The molecule has 2 N–H and O–H groups in total. The van der Waals surface area contributed by atoms with Gasteiger partial charge in [-0.05, 0) is 49.7 Å². The number of nitrogen functional groups attached to an aromatic ring is 1. The lowest BCUT2D eigenvalue weighted by Crippen LogP contribution is -1.94. The van der Waals surface area contributed by atoms with Crippen LogP contribution in [0.5, 0.6) is 11.5 Å². The third-order valence-electron chi connectivity index (χ3n) is 3.23. The lowest BCUT2D eigenvalue weighted by Gasteiger charge is -2.11. The normalized spacial score (nSPS) is 10.8. The first kappa shape index (κ1) is 13.4. The number of rotatable bonds is 2. The molecular formula is C17H15FN2O. The van der Waals surface area contributed by atoms with E-state index in [0.717, 1.165) is 22.2 Å². The summed E-state index contributed by atoms with van der Waals surface area (Å²) in [5, 5.41) is 0.765. The number of hydrogen-bond donors (Lipinski definition) is 1. The Morgan fingerprint density at radius 1 is 1.00 bits per heavy atom. The number of hydrogen-bond acceptors (Lipinski definition) is 3. The molecular weight excluding hydrogens is 267 g/mol. The van der Waals surface area contributed by atoms with Crippen LogP contribution in [-0.4, -0.2) is 4.98 Å². The molecule has 0 bridgehead atoms. The number of fused-ring (bicyclic) bond motifs is 1.